The van der Waals surface area contributed by atoms with Gasteiger partial charge < -0.3 is 5.32 Å². The summed E-state index contributed by atoms with van der Waals surface area (Å²) in [7, 11) is 1.81. The smallest absolute Gasteiger partial charge is 0.146 e. The van der Waals surface area contributed by atoms with Gasteiger partial charge in [0.1, 0.15) is 5.82 Å². The van der Waals surface area contributed by atoms with Crippen LogP contribution in [0.25, 0.3) is 0 Å². The van der Waals surface area contributed by atoms with Crippen molar-refractivity contribution in [3.63, 3.8) is 0 Å². The molecule has 1 nitrogen and oxygen atoms in total. The van der Waals surface area contributed by atoms with Gasteiger partial charge in [0.25, 0.3) is 0 Å². The normalized spacial score (nSPS) is 12.4. The zero-order valence-corrected chi connectivity index (χ0v) is 12.0. The molecule has 2 aromatic carbocycles. The van der Waals surface area contributed by atoms with Gasteiger partial charge in [-0.25, -0.2) is 4.39 Å². The molecule has 0 amide bonds. The van der Waals surface area contributed by atoms with Crippen LogP contribution in [0.4, 0.5) is 4.39 Å². The number of likely N-dealkylation sites (N-methyl/N-ethyl adjacent to an activating group) is 1. The van der Waals surface area contributed by atoms with Gasteiger partial charge in [-0.05, 0) is 37.2 Å². The van der Waals surface area contributed by atoms with Crippen molar-refractivity contribution in [3.8, 4) is 0 Å². The van der Waals surface area contributed by atoms with Crippen molar-refractivity contribution in [2.45, 2.75) is 12.5 Å². The Balaban J connectivity index is 2.25. The standard InChI is InChI=1S/C15H14Cl2FN/c1-19-14(9-10-5-7-11(16)8-6-10)12-3-2-4-13(17)15(12)18/h2-8,14,19H,9H2,1H3. The van der Waals surface area contributed by atoms with E-state index in [2.05, 4.69) is 5.32 Å². The largest absolute Gasteiger partial charge is 0.313 e. The van der Waals surface area contributed by atoms with Crippen molar-refractivity contribution in [2.75, 3.05) is 7.05 Å². The third kappa shape index (κ3) is 3.47. The first-order valence-corrected chi connectivity index (χ1v) is 6.73. The molecule has 0 aliphatic rings. The lowest BCUT2D eigenvalue weighted by molar-refractivity contribution is 0.534. The maximum Gasteiger partial charge on any atom is 0.146 e. The van der Waals surface area contributed by atoms with Crippen LogP contribution in [0.15, 0.2) is 42.5 Å². The first-order chi connectivity index (χ1) is 9.11. The highest BCUT2D eigenvalue weighted by Crippen LogP contribution is 2.26. The second-order valence-electron chi connectivity index (χ2n) is 4.31. The second kappa shape index (κ2) is 6.38. The van der Waals surface area contributed by atoms with Crippen LogP contribution < -0.4 is 5.32 Å². The topological polar surface area (TPSA) is 12.0 Å². The molecule has 0 spiro atoms. The van der Waals surface area contributed by atoms with E-state index in [0.717, 1.165) is 5.56 Å². The van der Waals surface area contributed by atoms with Crippen LogP contribution in [-0.4, -0.2) is 7.05 Å². The zero-order valence-electron chi connectivity index (χ0n) is 10.5. The van der Waals surface area contributed by atoms with E-state index < -0.39 is 0 Å². The first-order valence-electron chi connectivity index (χ1n) is 5.97. The van der Waals surface area contributed by atoms with E-state index in [4.69, 9.17) is 23.2 Å². The van der Waals surface area contributed by atoms with Gasteiger partial charge in [0.2, 0.25) is 0 Å². The number of nitrogens with one attached hydrogen (secondary N) is 1. The Morgan fingerprint density at radius 3 is 2.42 bits per heavy atom. The number of hydrogen-bond donors (Lipinski definition) is 1. The fourth-order valence-corrected chi connectivity index (χ4v) is 2.32. The lowest BCUT2D eigenvalue weighted by Crippen LogP contribution is -2.20. The van der Waals surface area contributed by atoms with Crippen LogP contribution >= 0.6 is 23.2 Å². The highest BCUT2D eigenvalue weighted by atomic mass is 35.5. The summed E-state index contributed by atoms with van der Waals surface area (Å²) in [5.41, 5.74) is 1.66. The third-order valence-electron chi connectivity index (χ3n) is 3.06. The minimum absolute atomic E-state index is 0.125. The third-order valence-corrected chi connectivity index (χ3v) is 3.60. The Bertz CT molecular complexity index is 555. The van der Waals surface area contributed by atoms with Crippen LogP contribution in [0.3, 0.4) is 0 Å². The van der Waals surface area contributed by atoms with E-state index in [1.165, 1.54) is 0 Å². The summed E-state index contributed by atoms with van der Waals surface area (Å²) in [4.78, 5) is 0. The van der Waals surface area contributed by atoms with Crippen molar-refractivity contribution in [1.82, 2.24) is 5.32 Å². The van der Waals surface area contributed by atoms with Crippen molar-refractivity contribution in [1.29, 1.82) is 0 Å². The van der Waals surface area contributed by atoms with E-state index >= 15 is 0 Å². The van der Waals surface area contributed by atoms with Crippen LogP contribution in [0.1, 0.15) is 17.2 Å². The van der Waals surface area contributed by atoms with Crippen molar-refractivity contribution in [3.05, 3.63) is 69.5 Å². The maximum absolute atomic E-state index is 14.0. The Hall–Kier alpha value is -1.09. The van der Waals surface area contributed by atoms with Gasteiger partial charge in [-0.1, -0.05) is 47.5 Å². The molecule has 0 aliphatic heterocycles. The number of benzene rings is 2. The van der Waals surface area contributed by atoms with Gasteiger partial charge in [-0.3, -0.25) is 0 Å². The quantitative estimate of drug-likeness (QED) is 0.867. The highest BCUT2D eigenvalue weighted by Gasteiger charge is 2.16. The summed E-state index contributed by atoms with van der Waals surface area (Å²) in [6.07, 6.45) is 0.672. The van der Waals surface area contributed by atoms with Crippen LogP contribution in [0.5, 0.6) is 0 Å². The minimum Gasteiger partial charge on any atom is -0.313 e. The van der Waals surface area contributed by atoms with Gasteiger partial charge >= 0.3 is 0 Å². The van der Waals surface area contributed by atoms with Gasteiger partial charge in [0.05, 0.1) is 5.02 Å². The van der Waals surface area contributed by atoms with Gasteiger partial charge in [0.15, 0.2) is 0 Å². The molecule has 1 unspecified atom stereocenters. The number of hydrogen-bond acceptors (Lipinski definition) is 1. The molecule has 0 radical (unpaired) electrons. The lowest BCUT2D eigenvalue weighted by Gasteiger charge is -2.18. The molecule has 0 heterocycles. The Labute approximate surface area is 122 Å². The van der Waals surface area contributed by atoms with Crippen LogP contribution in [0, 0.1) is 5.82 Å². The molecule has 4 heteroatoms. The highest BCUT2D eigenvalue weighted by molar-refractivity contribution is 6.31. The fraction of sp³-hybridized carbons (Fsp3) is 0.200. The Morgan fingerprint density at radius 2 is 1.79 bits per heavy atom. The van der Waals surface area contributed by atoms with E-state index in [0.29, 0.717) is 17.0 Å². The lowest BCUT2D eigenvalue weighted by atomic mass is 9.98. The summed E-state index contributed by atoms with van der Waals surface area (Å²) < 4.78 is 14.0. The monoisotopic (exact) mass is 297 g/mol. The van der Waals surface area contributed by atoms with Gasteiger partial charge in [-0.2, -0.15) is 0 Å². The SMILES string of the molecule is CNC(Cc1ccc(Cl)cc1)c1cccc(Cl)c1F. The number of rotatable bonds is 4. The molecule has 1 atom stereocenters. The molecule has 0 fully saturated rings. The fourth-order valence-electron chi connectivity index (χ4n) is 2.01. The van der Waals surface area contributed by atoms with E-state index in [9.17, 15) is 4.39 Å². The van der Waals surface area contributed by atoms with Gasteiger partial charge in [0, 0.05) is 16.6 Å². The summed E-state index contributed by atoms with van der Waals surface area (Å²) >= 11 is 11.7. The van der Waals surface area contributed by atoms with Crippen molar-refractivity contribution >= 4 is 23.2 Å². The average Bonchev–Trinajstić information content (AvgIpc) is 2.42. The first kappa shape index (κ1) is 14.3. The molecular formula is C15H14Cl2FN. The minimum atomic E-state index is -0.363. The molecule has 0 bridgehead atoms. The molecule has 0 saturated carbocycles. The Morgan fingerprint density at radius 1 is 1.11 bits per heavy atom. The molecule has 2 aromatic rings. The predicted octanol–water partition coefficient (Wildman–Crippen LogP) is 4.64. The second-order valence-corrected chi connectivity index (χ2v) is 5.16. The Kier molecular flexibility index (Phi) is 4.81. The molecule has 19 heavy (non-hydrogen) atoms. The van der Waals surface area contributed by atoms with Crippen LogP contribution in [0.2, 0.25) is 10.0 Å². The predicted molar refractivity (Wildman–Crippen MR) is 78.4 cm³/mol. The summed E-state index contributed by atoms with van der Waals surface area (Å²) in [6, 6.07) is 12.5. The number of halogens is 3. The van der Waals surface area contributed by atoms with Crippen molar-refractivity contribution in [2.24, 2.45) is 0 Å². The summed E-state index contributed by atoms with van der Waals surface area (Å²) in [5.74, 6) is -0.363. The molecule has 0 saturated heterocycles. The molecule has 0 aromatic heterocycles. The van der Waals surface area contributed by atoms with E-state index in [1.807, 2.05) is 24.3 Å². The van der Waals surface area contributed by atoms with Gasteiger partial charge in [-0.15, -0.1) is 0 Å². The molecule has 0 aliphatic carbocycles. The summed E-state index contributed by atoms with van der Waals surface area (Å²) in [5, 5.41) is 3.96. The zero-order chi connectivity index (χ0) is 13.8. The average molecular weight is 298 g/mol. The molecular weight excluding hydrogens is 284 g/mol. The van der Waals surface area contributed by atoms with E-state index in [-0.39, 0.29) is 16.9 Å². The summed E-state index contributed by atoms with van der Waals surface area (Å²) in [6.45, 7) is 0. The van der Waals surface area contributed by atoms with Crippen molar-refractivity contribution < 1.29 is 4.39 Å². The molecule has 2 rings (SSSR count). The molecule has 100 valence electrons. The molecule has 1 N–H and O–H groups in total. The van der Waals surface area contributed by atoms with Crippen LogP contribution in [-0.2, 0) is 6.42 Å². The maximum atomic E-state index is 14.0. The van der Waals surface area contributed by atoms with E-state index in [1.54, 1.807) is 25.2 Å².